The molecule has 5 heteroatoms. The van der Waals surface area contributed by atoms with E-state index in [4.69, 9.17) is 16.6 Å². The van der Waals surface area contributed by atoms with Crippen LogP contribution < -0.4 is 5.32 Å². The molecular formula is C22H17ClN4. The van der Waals surface area contributed by atoms with E-state index in [9.17, 15) is 0 Å². The molecule has 0 spiro atoms. The third kappa shape index (κ3) is 4.13. The van der Waals surface area contributed by atoms with Gasteiger partial charge in [0.15, 0.2) is 0 Å². The lowest BCUT2D eigenvalue weighted by atomic mass is 10.0. The van der Waals surface area contributed by atoms with Crippen molar-refractivity contribution in [3.8, 4) is 22.5 Å². The molecule has 0 saturated heterocycles. The third-order valence-corrected chi connectivity index (χ3v) is 4.40. The lowest BCUT2D eigenvalue weighted by Crippen LogP contribution is -2.07. The second-order valence-corrected chi connectivity index (χ2v) is 6.48. The van der Waals surface area contributed by atoms with Crippen LogP contribution in [0.1, 0.15) is 5.56 Å². The highest BCUT2D eigenvalue weighted by atomic mass is 35.5. The van der Waals surface area contributed by atoms with E-state index in [0.29, 0.717) is 12.5 Å². The lowest BCUT2D eigenvalue weighted by molar-refractivity contribution is 0.955. The molecule has 0 aliphatic carbocycles. The monoisotopic (exact) mass is 372 g/mol. The summed E-state index contributed by atoms with van der Waals surface area (Å²) in [5.74, 6) is 0.489. The van der Waals surface area contributed by atoms with E-state index in [1.54, 1.807) is 0 Å². The Morgan fingerprint density at radius 3 is 1.89 bits per heavy atom. The van der Waals surface area contributed by atoms with Gasteiger partial charge in [0.1, 0.15) is 11.4 Å². The summed E-state index contributed by atoms with van der Waals surface area (Å²) in [7, 11) is 0. The summed E-state index contributed by atoms with van der Waals surface area (Å²) in [6.45, 7) is 0.595. The van der Waals surface area contributed by atoms with Crippen LogP contribution >= 0.6 is 11.6 Å². The molecule has 0 unspecified atom stereocenters. The summed E-state index contributed by atoms with van der Waals surface area (Å²) in [5, 5.41) is 12.7. The van der Waals surface area contributed by atoms with Crippen LogP contribution in [0.2, 0.25) is 5.02 Å². The normalized spacial score (nSPS) is 10.6. The molecule has 0 aliphatic rings. The molecule has 0 saturated carbocycles. The van der Waals surface area contributed by atoms with E-state index in [2.05, 4.69) is 15.5 Å². The summed E-state index contributed by atoms with van der Waals surface area (Å²) in [6, 6.07) is 27.7. The SMILES string of the molecule is Clc1ccc(CNc2nnc(-c3ccccc3)c(-c3ccccc3)n2)cc1. The molecule has 0 fully saturated rings. The minimum atomic E-state index is 0.489. The molecule has 4 nitrogen and oxygen atoms in total. The Morgan fingerprint density at radius 2 is 1.26 bits per heavy atom. The molecular weight excluding hydrogens is 356 g/mol. The molecule has 4 rings (SSSR count). The minimum Gasteiger partial charge on any atom is -0.349 e. The summed E-state index contributed by atoms with van der Waals surface area (Å²) >= 11 is 5.94. The lowest BCUT2D eigenvalue weighted by Gasteiger charge is -2.11. The van der Waals surface area contributed by atoms with Gasteiger partial charge < -0.3 is 5.32 Å². The molecule has 132 valence electrons. The molecule has 0 radical (unpaired) electrons. The van der Waals surface area contributed by atoms with Crippen LogP contribution in [0, 0.1) is 0 Å². The van der Waals surface area contributed by atoms with Crippen molar-refractivity contribution in [3.63, 3.8) is 0 Å². The topological polar surface area (TPSA) is 50.7 Å². The van der Waals surface area contributed by atoms with Gasteiger partial charge in [0.25, 0.3) is 0 Å². The van der Waals surface area contributed by atoms with Gasteiger partial charge in [-0.2, -0.15) is 0 Å². The predicted molar refractivity (Wildman–Crippen MR) is 109 cm³/mol. The Bertz CT molecular complexity index is 1020. The quantitative estimate of drug-likeness (QED) is 0.504. The average molecular weight is 373 g/mol. The third-order valence-electron chi connectivity index (χ3n) is 4.15. The van der Waals surface area contributed by atoms with Crippen molar-refractivity contribution < 1.29 is 0 Å². The van der Waals surface area contributed by atoms with E-state index in [-0.39, 0.29) is 0 Å². The first kappa shape index (κ1) is 17.2. The molecule has 0 atom stereocenters. The fourth-order valence-corrected chi connectivity index (χ4v) is 2.90. The second kappa shape index (κ2) is 7.98. The smallest absolute Gasteiger partial charge is 0.243 e. The van der Waals surface area contributed by atoms with Crippen molar-refractivity contribution in [1.29, 1.82) is 0 Å². The number of hydrogen-bond donors (Lipinski definition) is 1. The molecule has 0 amide bonds. The van der Waals surface area contributed by atoms with E-state index < -0.39 is 0 Å². The maximum atomic E-state index is 5.94. The van der Waals surface area contributed by atoms with E-state index in [0.717, 1.165) is 33.1 Å². The zero-order valence-electron chi connectivity index (χ0n) is 14.5. The van der Waals surface area contributed by atoms with E-state index in [1.165, 1.54) is 0 Å². The van der Waals surface area contributed by atoms with Gasteiger partial charge in [-0.3, -0.25) is 0 Å². The molecule has 3 aromatic carbocycles. The fraction of sp³-hybridized carbons (Fsp3) is 0.0455. The van der Waals surface area contributed by atoms with Crippen molar-refractivity contribution in [2.24, 2.45) is 0 Å². The first-order chi connectivity index (χ1) is 13.3. The molecule has 27 heavy (non-hydrogen) atoms. The van der Waals surface area contributed by atoms with Gasteiger partial charge in [0.05, 0.1) is 0 Å². The van der Waals surface area contributed by atoms with Crippen LogP contribution in [-0.4, -0.2) is 15.2 Å². The highest BCUT2D eigenvalue weighted by molar-refractivity contribution is 6.30. The second-order valence-electron chi connectivity index (χ2n) is 6.04. The Morgan fingerprint density at radius 1 is 0.667 bits per heavy atom. The largest absolute Gasteiger partial charge is 0.349 e. The van der Waals surface area contributed by atoms with Gasteiger partial charge in [-0.1, -0.05) is 84.4 Å². The summed E-state index contributed by atoms with van der Waals surface area (Å²) in [5.41, 5.74) is 4.65. The van der Waals surface area contributed by atoms with Crippen molar-refractivity contribution in [3.05, 3.63) is 95.5 Å². The van der Waals surface area contributed by atoms with Gasteiger partial charge >= 0.3 is 0 Å². The van der Waals surface area contributed by atoms with Gasteiger partial charge in [-0.05, 0) is 17.7 Å². The number of hydrogen-bond acceptors (Lipinski definition) is 4. The predicted octanol–water partition coefficient (Wildman–Crippen LogP) is 5.47. The summed E-state index contributed by atoms with van der Waals surface area (Å²) < 4.78 is 0. The summed E-state index contributed by atoms with van der Waals surface area (Å²) in [6.07, 6.45) is 0. The standard InChI is InChI=1S/C22H17ClN4/c23-19-13-11-16(12-14-19)15-24-22-25-20(17-7-3-1-4-8-17)21(26-27-22)18-9-5-2-6-10-18/h1-14H,15H2,(H,24,25,27). The maximum absolute atomic E-state index is 5.94. The van der Waals surface area contributed by atoms with Crippen LogP contribution in [-0.2, 0) is 6.54 Å². The number of aromatic nitrogens is 3. The van der Waals surface area contributed by atoms with Gasteiger partial charge in [-0.25, -0.2) is 4.98 Å². The number of halogens is 1. The first-order valence-corrected chi connectivity index (χ1v) is 9.01. The van der Waals surface area contributed by atoms with Crippen molar-refractivity contribution in [2.45, 2.75) is 6.54 Å². The number of rotatable bonds is 5. The average Bonchev–Trinajstić information content (AvgIpc) is 2.74. The summed E-state index contributed by atoms with van der Waals surface area (Å²) in [4.78, 5) is 4.74. The molecule has 0 aliphatic heterocycles. The number of nitrogens with zero attached hydrogens (tertiary/aromatic N) is 3. The molecule has 4 aromatic rings. The molecule has 0 bridgehead atoms. The Hall–Kier alpha value is -3.24. The first-order valence-electron chi connectivity index (χ1n) is 8.63. The highest BCUT2D eigenvalue weighted by Crippen LogP contribution is 2.28. The minimum absolute atomic E-state index is 0.489. The Labute approximate surface area is 162 Å². The zero-order valence-corrected chi connectivity index (χ0v) is 15.3. The fourth-order valence-electron chi connectivity index (χ4n) is 2.77. The number of nitrogens with one attached hydrogen (secondary N) is 1. The van der Waals surface area contributed by atoms with Crippen LogP contribution in [0.5, 0.6) is 0 Å². The maximum Gasteiger partial charge on any atom is 0.243 e. The molecule has 1 N–H and O–H groups in total. The number of anilines is 1. The van der Waals surface area contributed by atoms with Crippen LogP contribution in [0.25, 0.3) is 22.5 Å². The van der Waals surface area contributed by atoms with Crippen molar-refractivity contribution in [1.82, 2.24) is 15.2 Å². The van der Waals surface area contributed by atoms with Crippen LogP contribution in [0.15, 0.2) is 84.9 Å². The zero-order chi connectivity index (χ0) is 18.5. The van der Waals surface area contributed by atoms with Gasteiger partial charge in [0, 0.05) is 22.7 Å². The molecule has 1 aromatic heterocycles. The van der Waals surface area contributed by atoms with E-state index >= 15 is 0 Å². The van der Waals surface area contributed by atoms with Crippen molar-refractivity contribution >= 4 is 17.5 Å². The van der Waals surface area contributed by atoms with Gasteiger partial charge in [-0.15, -0.1) is 10.2 Å². The molecule has 1 heterocycles. The van der Waals surface area contributed by atoms with Crippen LogP contribution in [0.3, 0.4) is 0 Å². The Balaban J connectivity index is 1.67. The van der Waals surface area contributed by atoms with Gasteiger partial charge in [0.2, 0.25) is 5.95 Å². The number of benzene rings is 3. The van der Waals surface area contributed by atoms with E-state index in [1.807, 2.05) is 84.9 Å². The van der Waals surface area contributed by atoms with Crippen LogP contribution in [0.4, 0.5) is 5.95 Å². The van der Waals surface area contributed by atoms with Crippen molar-refractivity contribution in [2.75, 3.05) is 5.32 Å². The Kier molecular flexibility index (Phi) is 5.08. The highest BCUT2D eigenvalue weighted by Gasteiger charge is 2.13.